The van der Waals surface area contributed by atoms with Gasteiger partial charge in [-0.15, -0.1) is 0 Å². The first-order chi connectivity index (χ1) is 5.85. The van der Waals surface area contributed by atoms with Gasteiger partial charge in [0.15, 0.2) is 0 Å². The molecule has 0 saturated heterocycles. The molecule has 0 aromatic rings. The fraction of sp³-hybridized carbons (Fsp3) is 0.900. The molecule has 3 unspecified atom stereocenters. The molecule has 1 N–H and O–H groups in total. The Morgan fingerprint density at radius 3 is 2.23 bits per heavy atom. The molecule has 0 fully saturated rings. The predicted octanol–water partition coefficient (Wildman–Crippen LogP) is 1.71. The Morgan fingerprint density at radius 1 is 1.54 bits per heavy atom. The summed E-state index contributed by atoms with van der Waals surface area (Å²) in [6.45, 7) is 7.06. The molecular formula is C10H19NO2. The lowest BCUT2D eigenvalue weighted by Crippen LogP contribution is -2.51. The number of hydrogen-bond acceptors (Lipinski definition) is 3. The van der Waals surface area contributed by atoms with Crippen molar-refractivity contribution in [3.8, 4) is 6.07 Å². The van der Waals surface area contributed by atoms with Gasteiger partial charge in [-0.1, -0.05) is 6.92 Å². The highest BCUT2D eigenvalue weighted by molar-refractivity contribution is 5.08. The molecule has 0 aliphatic carbocycles. The number of rotatable bonds is 4. The van der Waals surface area contributed by atoms with E-state index in [0.717, 1.165) is 0 Å². The Bertz CT molecular complexity index is 207. The van der Waals surface area contributed by atoms with Gasteiger partial charge in [0.25, 0.3) is 0 Å². The molecule has 0 aliphatic heterocycles. The molecule has 0 amide bonds. The van der Waals surface area contributed by atoms with Crippen molar-refractivity contribution in [3.63, 3.8) is 0 Å². The Labute approximate surface area is 80.3 Å². The van der Waals surface area contributed by atoms with Gasteiger partial charge in [0.05, 0.1) is 17.6 Å². The summed E-state index contributed by atoms with van der Waals surface area (Å²) in [5.74, 6) is 0. The monoisotopic (exact) mass is 185 g/mol. The first-order valence-electron chi connectivity index (χ1n) is 4.52. The van der Waals surface area contributed by atoms with E-state index in [4.69, 9.17) is 10.00 Å². The first kappa shape index (κ1) is 12.4. The van der Waals surface area contributed by atoms with E-state index in [0.29, 0.717) is 6.42 Å². The van der Waals surface area contributed by atoms with Crippen LogP contribution in [-0.4, -0.2) is 23.9 Å². The second-order valence-corrected chi connectivity index (χ2v) is 3.82. The van der Waals surface area contributed by atoms with Gasteiger partial charge in [-0.3, -0.25) is 0 Å². The van der Waals surface area contributed by atoms with Crippen LogP contribution in [0.15, 0.2) is 0 Å². The van der Waals surface area contributed by atoms with Gasteiger partial charge in [-0.25, -0.2) is 0 Å². The molecular weight excluding hydrogens is 166 g/mol. The van der Waals surface area contributed by atoms with Crippen LogP contribution < -0.4 is 0 Å². The zero-order chi connectivity index (χ0) is 10.7. The first-order valence-corrected chi connectivity index (χ1v) is 4.52. The van der Waals surface area contributed by atoms with Crippen LogP contribution in [0, 0.1) is 16.7 Å². The van der Waals surface area contributed by atoms with E-state index < -0.39 is 11.0 Å². The van der Waals surface area contributed by atoms with E-state index in [-0.39, 0.29) is 6.10 Å². The Morgan fingerprint density at radius 2 is 2.00 bits per heavy atom. The highest BCUT2D eigenvalue weighted by Gasteiger charge is 2.46. The molecule has 3 heteroatoms. The van der Waals surface area contributed by atoms with Crippen molar-refractivity contribution >= 4 is 0 Å². The van der Waals surface area contributed by atoms with Gasteiger partial charge in [0.1, 0.15) is 5.60 Å². The van der Waals surface area contributed by atoms with Crippen molar-refractivity contribution in [2.24, 2.45) is 5.41 Å². The number of nitriles is 1. The SMILES string of the molecule is CCC(C)(C#N)C(C)(O)C(C)OC. The van der Waals surface area contributed by atoms with Crippen LogP contribution in [0.3, 0.4) is 0 Å². The molecule has 0 aromatic heterocycles. The Hall–Kier alpha value is -0.590. The average molecular weight is 185 g/mol. The third kappa shape index (κ3) is 2.01. The second-order valence-electron chi connectivity index (χ2n) is 3.82. The van der Waals surface area contributed by atoms with Crippen molar-refractivity contribution < 1.29 is 9.84 Å². The fourth-order valence-electron chi connectivity index (χ4n) is 1.23. The molecule has 0 bridgehead atoms. The lowest BCUT2D eigenvalue weighted by molar-refractivity contribution is -0.128. The van der Waals surface area contributed by atoms with Gasteiger partial charge in [0.2, 0.25) is 0 Å². The molecule has 13 heavy (non-hydrogen) atoms. The van der Waals surface area contributed by atoms with Crippen molar-refractivity contribution in [2.45, 2.75) is 45.8 Å². The summed E-state index contributed by atoms with van der Waals surface area (Å²) in [5, 5.41) is 19.2. The summed E-state index contributed by atoms with van der Waals surface area (Å²) in [5.41, 5.74) is -1.88. The number of hydrogen-bond donors (Lipinski definition) is 1. The minimum atomic E-state index is -1.12. The molecule has 76 valence electrons. The van der Waals surface area contributed by atoms with Crippen molar-refractivity contribution in [3.05, 3.63) is 0 Å². The van der Waals surface area contributed by atoms with Crippen LogP contribution in [0.5, 0.6) is 0 Å². The standard InChI is InChI=1S/C10H19NO2/c1-6-9(3,7-11)10(4,12)8(2)13-5/h8,12H,6H2,1-5H3. The third-order valence-corrected chi connectivity index (χ3v) is 3.22. The molecule has 3 nitrogen and oxygen atoms in total. The molecule has 0 rings (SSSR count). The Kier molecular flexibility index (Phi) is 3.89. The zero-order valence-electron chi connectivity index (χ0n) is 9.09. The molecule has 3 atom stereocenters. The smallest absolute Gasteiger partial charge is 0.106 e. The van der Waals surface area contributed by atoms with E-state index in [1.807, 2.05) is 6.92 Å². The van der Waals surface area contributed by atoms with Crippen LogP contribution in [-0.2, 0) is 4.74 Å². The average Bonchev–Trinajstić information content (AvgIpc) is 2.14. The minimum absolute atomic E-state index is 0.350. The maximum Gasteiger partial charge on any atom is 0.106 e. The van der Waals surface area contributed by atoms with E-state index in [1.165, 1.54) is 7.11 Å². The van der Waals surface area contributed by atoms with Crippen LogP contribution >= 0.6 is 0 Å². The third-order valence-electron chi connectivity index (χ3n) is 3.22. The van der Waals surface area contributed by atoms with Crippen LogP contribution in [0.4, 0.5) is 0 Å². The summed E-state index contributed by atoms with van der Waals surface area (Å²) >= 11 is 0. The summed E-state index contributed by atoms with van der Waals surface area (Å²) in [4.78, 5) is 0. The van der Waals surface area contributed by atoms with Crippen molar-refractivity contribution in [1.29, 1.82) is 5.26 Å². The molecule has 0 heterocycles. The van der Waals surface area contributed by atoms with Crippen molar-refractivity contribution in [2.75, 3.05) is 7.11 Å². The largest absolute Gasteiger partial charge is 0.386 e. The number of methoxy groups -OCH3 is 1. The summed E-state index contributed by atoms with van der Waals surface area (Å²) in [7, 11) is 1.53. The van der Waals surface area contributed by atoms with Gasteiger partial charge in [-0.05, 0) is 27.2 Å². The number of nitrogens with zero attached hydrogens (tertiary/aromatic N) is 1. The Balaban J connectivity index is 4.90. The summed E-state index contributed by atoms with van der Waals surface area (Å²) in [6.07, 6.45) is 0.251. The normalized spacial score (nSPS) is 22.5. The quantitative estimate of drug-likeness (QED) is 0.725. The van der Waals surface area contributed by atoms with Gasteiger partial charge < -0.3 is 9.84 Å². The lowest BCUT2D eigenvalue weighted by Gasteiger charge is -2.40. The topological polar surface area (TPSA) is 53.2 Å². The van der Waals surface area contributed by atoms with E-state index >= 15 is 0 Å². The van der Waals surface area contributed by atoms with Crippen LogP contribution in [0.25, 0.3) is 0 Å². The highest BCUT2D eigenvalue weighted by atomic mass is 16.5. The van der Waals surface area contributed by atoms with E-state index in [9.17, 15) is 5.11 Å². The molecule has 0 spiro atoms. The van der Waals surface area contributed by atoms with Gasteiger partial charge in [-0.2, -0.15) is 5.26 Å². The van der Waals surface area contributed by atoms with E-state index in [2.05, 4.69) is 6.07 Å². The fourth-order valence-corrected chi connectivity index (χ4v) is 1.23. The predicted molar refractivity (Wildman–Crippen MR) is 51.1 cm³/mol. The molecule has 0 saturated carbocycles. The maximum absolute atomic E-state index is 10.2. The summed E-state index contributed by atoms with van der Waals surface area (Å²) < 4.78 is 5.06. The number of ether oxygens (including phenoxy) is 1. The maximum atomic E-state index is 10.2. The van der Waals surface area contributed by atoms with Gasteiger partial charge in [0, 0.05) is 7.11 Å². The van der Waals surface area contributed by atoms with Crippen molar-refractivity contribution in [1.82, 2.24) is 0 Å². The molecule has 0 aromatic carbocycles. The van der Waals surface area contributed by atoms with Gasteiger partial charge >= 0.3 is 0 Å². The van der Waals surface area contributed by atoms with Crippen LogP contribution in [0.1, 0.15) is 34.1 Å². The minimum Gasteiger partial charge on any atom is -0.386 e. The lowest BCUT2D eigenvalue weighted by atomic mass is 9.71. The number of aliphatic hydroxyl groups is 1. The molecule has 0 radical (unpaired) electrons. The van der Waals surface area contributed by atoms with Crippen LogP contribution in [0.2, 0.25) is 0 Å². The second kappa shape index (κ2) is 4.08. The molecule has 0 aliphatic rings. The zero-order valence-corrected chi connectivity index (χ0v) is 9.09. The summed E-state index contributed by atoms with van der Waals surface area (Å²) in [6, 6.07) is 2.15. The van der Waals surface area contributed by atoms with E-state index in [1.54, 1.807) is 20.8 Å². The highest BCUT2D eigenvalue weighted by Crippen LogP contribution is 2.37.